The molecule has 38 heavy (non-hydrogen) atoms. The van der Waals surface area contributed by atoms with Gasteiger partial charge in [0.1, 0.15) is 0 Å². The quantitative estimate of drug-likeness (QED) is 0.194. The minimum absolute atomic E-state index is 0.167. The average molecular weight is 592 g/mol. The molecular weight excluding hydrogens is 557 g/mol. The number of allylic oxidation sites excluding steroid dienone is 4. The number of alkyl halides is 3. The fourth-order valence-corrected chi connectivity index (χ4v) is 4.61. The van der Waals surface area contributed by atoms with E-state index in [9.17, 15) is 13.2 Å². The number of halogens is 3. The standard InChI is InChI=1S/C21H25.C8H5F3.C5H5.Zr/c1-20(2,3)16-7-9-18-14(12-16)11-15-13-17(21(4,5)6)8-10-19(15)18;1-6-3-2-4-7(5-6)8(9,10)11;1-2-4-5-3-1;/h7-10,12H,11H2,1-6H3;1-5H;1-3H,4H2;/q-1;;-1;+2. The van der Waals surface area contributed by atoms with E-state index in [0.29, 0.717) is 5.56 Å². The minimum atomic E-state index is -4.23. The second-order valence-electron chi connectivity index (χ2n) is 11.6. The van der Waals surface area contributed by atoms with E-state index in [-0.39, 0.29) is 10.8 Å². The Morgan fingerprint density at radius 1 is 0.816 bits per heavy atom. The van der Waals surface area contributed by atoms with Crippen LogP contribution in [0, 0.1) is 12.1 Å². The van der Waals surface area contributed by atoms with Gasteiger partial charge in [0.05, 0.1) is 0 Å². The summed E-state index contributed by atoms with van der Waals surface area (Å²) < 4.78 is 38.0. The van der Waals surface area contributed by atoms with Crippen molar-refractivity contribution in [2.45, 2.75) is 71.4 Å². The number of benzene rings is 3. The van der Waals surface area contributed by atoms with Crippen LogP contribution in [0.4, 0.5) is 13.2 Å². The number of rotatable bonds is 1. The molecular formula is C34H35F3Zr. The summed E-state index contributed by atoms with van der Waals surface area (Å²) in [6.45, 7) is 13.6. The van der Waals surface area contributed by atoms with Crippen LogP contribution in [0.5, 0.6) is 0 Å². The number of hydrogen-bond acceptors (Lipinski definition) is 0. The van der Waals surface area contributed by atoms with Crippen molar-refractivity contribution in [1.82, 2.24) is 0 Å². The van der Waals surface area contributed by atoms with Crippen LogP contribution in [0.15, 0.2) is 72.8 Å². The van der Waals surface area contributed by atoms with Crippen molar-refractivity contribution in [2.24, 2.45) is 0 Å². The molecule has 4 heteroatoms. The van der Waals surface area contributed by atoms with E-state index in [2.05, 4.69) is 90.1 Å². The van der Waals surface area contributed by atoms with Gasteiger partial charge in [-0.2, -0.15) is 29.8 Å². The molecule has 0 nitrogen and oxygen atoms in total. The molecule has 0 unspecified atom stereocenters. The molecule has 0 aromatic heterocycles. The predicted molar refractivity (Wildman–Crippen MR) is 149 cm³/mol. The van der Waals surface area contributed by atoms with Gasteiger partial charge < -0.3 is 0 Å². The maximum Gasteiger partial charge on any atom is -0.109 e. The Morgan fingerprint density at radius 2 is 1.53 bits per heavy atom. The van der Waals surface area contributed by atoms with Crippen LogP contribution in [-0.2, 0) is 47.7 Å². The summed E-state index contributed by atoms with van der Waals surface area (Å²) in [4.78, 5) is 0. The Balaban J connectivity index is 0.000000197. The average Bonchev–Trinajstić information content (AvgIpc) is 3.54. The Hall–Kier alpha value is -2.32. The molecule has 2 aliphatic rings. The van der Waals surface area contributed by atoms with Gasteiger partial charge in [0.15, 0.2) is 0 Å². The predicted octanol–water partition coefficient (Wildman–Crippen LogP) is 9.36. The summed E-state index contributed by atoms with van der Waals surface area (Å²) in [5, 5.41) is 0. The summed E-state index contributed by atoms with van der Waals surface area (Å²) >= 11 is 1.10. The van der Waals surface area contributed by atoms with Gasteiger partial charge in [0.2, 0.25) is 0 Å². The maximum absolute atomic E-state index is 12.1. The van der Waals surface area contributed by atoms with Gasteiger partial charge in [0.25, 0.3) is 0 Å². The Labute approximate surface area is 241 Å². The molecule has 3 aromatic carbocycles. The third kappa shape index (κ3) is 8.09. The molecule has 0 aliphatic heterocycles. The summed E-state index contributed by atoms with van der Waals surface area (Å²) in [6, 6.07) is 20.5. The van der Waals surface area contributed by atoms with Crippen LogP contribution in [-0.4, -0.2) is 3.71 Å². The van der Waals surface area contributed by atoms with Crippen molar-refractivity contribution in [2.75, 3.05) is 0 Å². The molecule has 196 valence electrons. The molecule has 2 aliphatic carbocycles. The summed E-state index contributed by atoms with van der Waals surface area (Å²) in [5.74, 6) is 0. The molecule has 3 aromatic rings. The van der Waals surface area contributed by atoms with Crippen LogP contribution in [0.25, 0.3) is 11.1 Å². The van der Waals surface area contributed by atoms with E-state index in [1.165, 1.54) is 39.4 Å². The van der Waals surface area contributed by atoms with Crippen LogP contribution in [0.2, 0.25) is 0 Å². The zero-order chi connectivity index (χ0) is 28.1. The topological polar surface area (TPSA) is 0 Å². The second-order valence-corrected chi connectivity index (χ2v) is 12.3. The smallest absolute Gasteiger partial charge is 0.109 e. The maximum atomic E-state index is 12.1. The summed E-state index contributed by atoms with van der Waals surface area (Å²) in [5.41, 5.74) is 8.75. The van der Waals surface area contributed by atoms with Gasteiger partial charge in [-0.15, -0.1) is 17.5 Å². The molecule has 0 heterocycles. The first-order valence-electron chi connectivity index (χ1n) is 12.8. The zero-order valence-corrected chi connectivity index (χ0v) is 25.5. The van der Waals surface area contributed by atoms with Crippen molar-refractivity contribution >= 4 is 3.71 Å². The Bertz CT molecular complexity index is 1260. The van der Waals surface area contributed by atoms with Crippen LogP contribution >= 0.6 is 0 Å². The van der Waals surface area contributed by atoms with Gasteiger partial charge in [-0.3, -0.25) is 6.08 Å². The van der Waals surface area contributed by atoms with Crippen LogP contribution in [0.1, 0.15) is 81.3 Å². The first-order chi connectivity index (χ1) is 17.7. The molecule has 0 N–H and O–H groups in total. The van der Waals surface area contributed by atoms with Crippen LogP contribution < -0.4 is 0 Å². The van der Waals surface area contributed by atoms with Gasteiger partial charge in [-0.05, 0) is 28.4 Å². The molecule has 0 saturated carbocycles. The Kier molecular flexibility index (Phi) is 9.74. The number of fused-ring (bicyclic) bond motifs is 3. The van der Waals surface area contributed by atoms with E-state index in [1.807, 2.05) is 12.2 Å². The first kappa shape index (κ1) is 30.2. The van der Waals surface area contributed by atoms with E-state index >= 15 is 0 Å². The first-order valence-corrected chi connectivity index (χ1v) is 14.2. The molecule has 0 fully saturated rings. The van der Waals surface area contributed by atoms with Crippen molar-refractivity contribution in [3.8, 4) is 11.1 Å². The SMILES string of the molecule is CC(C)(C)c1[c-]c2c(cc1)-c1ccc(C(C)(C)C)cc1C2.FC(F)(F)c1cccc([CH]=[Zr+2])c1.[C-]1=CC=CC1. The molecule has 0 radical (unpaired) electrons. The third-order valence-corrected chi connectivity index (χ3v) is 7.25. The van der Waals surface area contributed by atoms with Gasteiger partial charge in [0, 0.05) is 0 Å². The van der Waals surface area contributed by atoms with E-state index in [4.69, 9.17) is 0 Å². The largest absolute Gasteiger partial charge is 0.273 e. The second kappa shape index (κ2) is 12.2. The normalized spacial score (nSPS) is 13.7. The summed E-state index contributed by atoms with van der Waals surface area (Å²) in [6.07, 6.45) is 6.80. The third-order valence-electron chi connectivity index (χ3n) is 6.43. The molecule has 0 spiro atoms. The van der Waals surface area contributed by atoms with E-state index < -0.39 is 11.7 Å². The fourth-order valence-electron chi connectivity index (χ4n) is 4.17. The van der Waals surface area contributed by atoms with E-state index in [0.717, 1.165) is 49.2 Å². The fraction of sp³-hybridized carbons (Fsp3) is 0.324. The molecule has 5 rings (SSSR count). The molecule has 0 amide bonds. The Morgan fingerprint density at radius 3 is 2.05 bits per heavy atom. The van der Waals surface area contributed by atoms with Gasteiger partial charge in [-0.25, -0.2) is 12.2 Å². The number of hydrogen-bond donors (Lipinski definition) is 0. The summed E-state index contributed by atoms with van der Waals surface area (Å²) in [7, 11) is 0. The monoisotopic (exact) mass is 590 g/mol. The van der Waals surface area contributed by atoms with Crippen molar-refractivity contribution in [3.63, 3.8) is 0 Å². The van der Waals surface area contributed by atoms with Crippen molar-refractivity contribution in [3.05, 3.63) is 118 Å². The molecule has 0 atom stereocenters. The molecule has 0 saturated heterocycles. The van der Waals surface area contributed by atoms with Crippen molar-refractivity contribution in [1.29, 1.82) is 0 Å². The molecule has 0 bridgehead atoms. The van der Waals surface area contributed by atoms with Crippen LogP contribution in [0.3, 0.4) is 0 Å². The van der Waals surface area contributed by atoms with Gasteiger partial charge >= 0.3 is 82.7 Å². The zero-order valence-electron chi connectivity index (χ0n) is 23.1. The minimum Gasteiger partial charge on any atom is -0.273 e. The van der Waals surface area contributed by atoms with Gasteiger partial charge in [-0.1, -0.05) is 65.3 Å². The van der Waals surface area contributed by atoms with E-state index in [1.54, 1.807) is 9.78 Å². The van der Waals surface area contributed by atoms with Crippen molar-refractivity contribution < 1.29 is 37.4 Å².